The zero-order valence-electron chi connectivity index (χ0n) is 11.7. The summed E-state index contributed by atoms with van der Waals surface area (Å²) in [5.74, 6) is 1.68. The molecule has 96 valence electrons. The summed E-state index contributed by atoms with van der Waals surface area (Å²) in [6.07, 6.45) is 5.03. The average molecular weight is 226 g/mol. The fourth-order valence-corrected chi connectivity index (χ4v) is 2.89. The molecular weight excluding hydrogens is 196 g/mol. The van der Waals surface area contributed by atoms with E-state index in [9.17, 15) is 0 Å². The molecule has 0 aromatic carbocycles. The molecule has 0 bridgehead atoms. The number of hydrogen-bond donors (Lipinski definition) is 1. The Kier molecular flexibility index (Phi) is 5.26. The standard InChI is InChI=1S/C14H30N2/c1-6-11(4)16(5)14-9-12(10(2)3)7-8-13(14)15/h10-14H,6-9,15H2,1-5H3. The van der Waals surface area contributed by atoms with E-state index in [1.54, 1.807) is 0 Å². The number of nitrogens with zero attached hydrogens (tertiary/aromatic N) is 1. The lowest BCUT2D eigenvalue weighted by molar-refractivity contribution is 0.0884. The Hall–Kier alpha value is -0.0800. The molecule has 1 fully saturated rings. The van der Waals surface area contributed by atoms with Gasteiger partial charge in [-0.05, 0) is 51.5 Å². The summed E-state index contributed by atoms with van der Waals surface area (Å²) in [5, 5.41) is 0. The number of hydrogen-bond acceptors (Lipinski definition) is 2. The zero-order valence-corrected chi connectivity index (χ0v) is 11.7. The predicted octanol–water partition coefficient (Wildman–Crippen LogP) is 2.87. The maximum atomic E-state index is 6.29. The minimum absolute atomic E-state index is 0.383. The van der Waals surface area contributed by atoms with Crippen LogP contribution < -0.4 is 5.73 Å². The van der Waals surface area contributed by atoms with Crippen LogP contribution in [0.3, 0.4) is 0 Å². The molecule has 16 heavy (non-hydrogen) atoms. The van der Waals surface area contributed by atoms with E-state index in [0.29, 0.717) is 18.1 Å². The fraction of sp³-hybridized carbons (Fsp3) is 1.00. The summed E-state index contributed by atoms with van der Waals surface area (Å²) in [6.45, 7) is 9.27. The molecule has 0 amide bonds. The summed E-state index contributed by atoms with van der Waals surface area (Å²) in [7, 11) is 2.25. The smallest absolute Gasteiger partial charge is 0.0249 e. The van der Waals surface area contributed by atoms with Crippen molar-refractivity contribution in [2.45, 2.75) is 71.5 Å². The lowest BCUT2D eigenvalue weighted by atomic mass is 9.76. The van der Waals surface area contributed by atoms with Crippen molar-refractivity contribution in [1.82, 2.24) is 4.90 Å². The second-order valence-corrected chi connectivity index (χ2v) is 5.97. The third-order valence-corrected chi connectivity index (χ3v) is 4.66. The third kappa shape index (κ3) is 3.21. The van der Waals surface area contributed by atoms with E-state index in [1.165, 1.54) is 25.7 Å². The van der Waals surface area contributed by atoms with Gasteiger partial charge in [0.15, 0.2) is 0 Å². The van der Waals surface area contributed by atoms with Crippen LogP contribution in [0, 0.1) is 11.8 Å². The van der Waals surface area contributed by atoms with Crippen molar-refractivity contribution in [2.75, 3.05) is 7.05 Å². The van der Waals surface area contributed by atoms with E-state index in [-0.39, 0.29) is 0 Å². The van der Waals surface area contributed by atoms with Crippen LogP contribution >= 0.6 is 0 Å². The monoisotopic (exact) mass is 226 g/mol. The second kappa shape index (κ2) is 6.02. The molecule has 2 N–H and O–H groups in total. The normalized spacial score (nSPS) is 33.4. The van der Waals surface area contributed by atoms with Gasteiger partial charge < -0.3 is 5.73 Å². The van der Waals surface area contributed by atoms with E-state index < -0.39 is 0 Å². The Labute approximate surface area is 102 Å². The topological polar surface area (TPSA) is 29.3 Å². The van der Waals surface area contributed by atoms with Gasteiger partial charge in [-0.3, -0.25) is 4.90 Å². The van der Waals surface area contributed by atoms with E-state index in [0.717, 1.165) is 11.8 Å². The highest BCUT2D eigenvalue weighted by Gasteiger charge is 2.33. The Bertz CT molecular complexity index is 203. The zero-order chi connectivity index (χ0) is 12.3. The van der Waals surface area contributed by atoms with Gasteiger partial charge in [-0.2, -0.15) is 0 Å². The maximum absolute atomic E-state index is 6.29. The fourth-order valence-electron chi connectivity index (χ4n) is 2.89. The molecule has 0 saturated heterocycles. The van der Waals surface area contributed by atoms with E-state index >= 15 is 0 Å². The van der Waals surface area contributed by atoms with E-state index in [1.807, 2.05) is 0 Å². The summed E-state index contributed by atoms with van der Waals surface area (Å²) < 4.78 is 0. The van der Waals surface area contributed by atoms with Gasteiger partial charge in [0.1, 0.15) is 0 Å². The molecule has 1 aliphatic carbocycles. The summed E-state index contributed by atoms with van der Waals surface area (Å²) in [5.41, 5.74) is 6.29. The van der Waals surface area contributed by atoms with Crippen molar-refractivity contribution in [3.63, 3.8) is 0 Å². The van der Waals surface area contributed by atoms with Crippen LogP contribution in [0.4, 0.5) is 0 Å². The van der Waals surface area contributed by atoms with Crippen molar-refractivity contribution in [2.24, 2.45) is 17.6 Å². The first kappa shape index (κ1) is 14.0. The van der Waals surface area contributed by atoms with E-state index in [2.05, 4.69) is 39.6 Å². The molecule has 0 heterocycles. The Morgan fingerprint density at radius 2 is 1.88 bits per heavy atom. The first-order valence-electron chi connectivity index (χ1n) is 6.94. The highest BCUT2D eigenvalue weighted by atomic mass is 15.2. The minimum atomic E-state index is 0.383. The largest absolute Gasteiger partial charge is 0.326 e. The molecule has 4 atom stereocenters. The highest BCUT2D eigenvalue weighted by molar-refractivity contribution is 4.90. The predicted molar refractivity (Wildman–Crippen MR) is 71.5 cm³/mol. The maximum Gasteiger partial charge on any atom is 0.0249 e. The molecule has 0 radical (unpaired) electrons. The molecule has 2 heteroatoms. The van der Waals surface area contributed by atoms with Gasteiger partial charge in [-0.25, -0.2) is 0 Å². The molecule has 0 aliphatic heterocycles. The van der Waals surface area contributed by atoms with Crippen molar-refractivity contribution >= 4 is 0 Å². The van der Waals surface area contributed by atoms with Crippen LogP contribution in [0.1, 0.15) is 53.4 Å². The quantitative estimate of drug-likeness (QED) is 0.798. The minimum Gasteiger partial charge on any atom is -0.326 e. The van der Waals surface area contributed by atoms with Gasteiger partial charge in [-0.15, -0.1) is 0 Å². The van der Waals surface area contributed by atoms with Gasteiger partial charge in [-0.1, -0.05) is 20.8 Å². The van der Waals surface area contributed by atoms with Gasteiger partial charge >= 0.3 is 0 Å². The second-order valence-electron chi connectivity index (χ2n) is 5.97. The van der Waals surface area contributed by atoms with Gasteiger partial charge in [0, 0.05) is 18.1 Å². The van der Waals surface area contributed by atoms with Crippen molar-refractivity contribution < 1.29 is 0 Å². The molecule has 0 aromatic heterocycles. The van der Waals surface area contributed by atoms with Crippen LogP contribution in [0.5, 0.6) is 0 Å². The van der Waals surface area contributed by atoms with Crippen molar-refractivity contribution in [3.8, 4) is 0 Å². The molecule has 2 nitrogen and oxygen atoms in total. The van der Waals surface area contributed by atoms with Crippen LogP contribution in [-0.4, -0.2) is 30.1 Å². The molecule has 0 aromatic rings. The number of rotatable bonds is 4. The number of nitrogens with two attached hydrogens (primary N) is 1. The third-order valence-electron chi connectivity index (χ3n) is 4.66. The SMILES string of the molecule is CCC(C)N(C)C1CC(C(C)C)CCC1N. The summed E-state index contributed by atoms with van der Waals surface area (Å²) >= 11 is 0. The first-order valence-corrected chi connectivity index (χ1v) is 6.94. The summed E-state index contributed by atoms with van der Waals surface area (Å²) in [6, 6.07) is 1.63. The molecule has 4 unspecified atom stereocenters. The first-order chi connectivity index (χ1) is 7.47. The van der Waals surface area contributed by atoms with Crippen LogP contribution in [0.15, 0.2) is 0 Å². The van der Waals surface area contributed by atoms with E-state index in [4.69, 9.17) is 5.73 Å². The van der Waals surface area contributed by atoms with Gasteiger partial charge in [0.05, 0.1) is 0 Å². The Morgan fingerprint density at radius 1 is 1.25 bits per heavy atom. The molecule has 1 aliphatic rings. The summed E-state index contributed by atoms with van der Waals surface area (Å²) in [4.78, 5) is 2.51. The Morgan fingerprint density at radius 3 is 2.38 bits per heavy atom. The lowest BCUT2D eigenvalue weighted by Crippen LogP contribution is -2.52. The Balaban J connectivity index is 2.62. The molecule has 1 saturated carbocycles. The molecule has 1 rings (SSSR count). The molecule has 0 spiro atoms. The van der Waals surface area contributed by atoms with Crippen LogP contribution in [0.2, 0.25) is 0 Å². The van der Waals surface area contributed by atoms with Crippen LogP contribution in [0.25, 0.3) is 0 Å². The van der Waals surface area contributed by atoms with Crippen molar-refractivity contribution in [1.29, 1.82) is 0 Å². The van der Waals surface area contributed by atoms with Crippen LogP contribution in [-0.2, 0) is 0 Å². The van der Waals surface area contributed by atoms with Gasteiger partial charge in [0.25, 0.3) is 0 Å². The molecular formula is C14H30N2. The van der Waals surface area contributed by atoms with Gasteiger partial charge in [0.2, 0.25) is 0 Å². The van der Waals surface area contributed by atoms with Crippen molar-refractivity contribution in [3.05, 3.63) is 0 Å². The average Bonchev–Trinajstić information content (AvgIpc) is 2.27. The lowest BCUT2D eigenvalue weighted by Gasteiger charge is -2.43. The highest BCUT2D eigenvalue weighted by Crippen LogP contribution is 2.32. The number of likely N-dealkylation sites (N-methyl/N-ethyl adjacent to an activating group) is 1.